The summed E-state index contributed by atoms with van der Waals surface area (Å²) in [5, 5.41) is 3.68. The molecule has 0 saturated heterocycles. The van der Waals surface area contributed by atoms with Gasteiger partial charge in [-0.1, -0.05) is 38.8 Å². The van der Waals surface area contributed by atoms with Gasteiger partial charge in [0.15, 0.2) is 0 Å². The highest BCUT2D eigenvalue weighted by molar-refractivity contribution is 7.99. The lowest BCUT2D eigenvalue weighted by molar-refractivity contribution is 0.442. The third kappa shape index (κ3) is 6.44. The lowest BCUT2D eigenvalue weighted by atomic mass is 10.0. The predicted octanol–water partition coefficient (Wildman–Crippen LogP) is 4.79. The average molecular weight is 283 g/mol. The first-order valence-electron chi connectivity index (χ1n) is 7.26. The number of unbranched alkanes of at least 4 members (excludes halogenated alkanes) is 1. The van der Waals surface area contributed by atoms with Crippen LogP contribution in [0.15, 0.2) is 24.3 Å². The van der Waals surface area contributed by atoms with Crippen LogP contribution in [-0.4, -0.2) is 17.5 Å². The van der Waals surface area contributed by atoms with Crippen LogP contribution in [0.3, 0.4) is 0 Å². The lowest BCUT2D eigenvalue weighted by Crippen LogP contribution is -2.32. The van der Waals surface area contributed by atoms with E-state index in [0.29, 0.717) is 12.1 Å². The molecule has 2 unspecified atom stereocenters. The lowest BCUT2D eigenvalue weighted by Gasteiger charge is -2.23. The van der Waals surface area contributed by atoms with Crippen LogP contribution in [0.5, 0.6) is 0 Å². The maximum atomic E-state index is 13.0. The van der Waals surface area contributed by atoms with E-state index in [2.05, 4.69) is 26.1 Å². The first-order chi connectivity index (χ1) is 9.17. The Morgan fingerprint density at radius 1 is 1.21 bits per heavy atom. The van der Waals surface area contributed by atoms with Crippen molar-refractivity contribution in [2.75, 3.05) is 11.5 Å². The normalized spacial score (nSPS) is 14.3. The summed E-state index contributed by atoms with van der Waals surface area (Å²) in [5.41, 5.74) is 1.20. The molecule has 0 aliphatic heterocycles. The molecule has 19 heavy (non-hydrogen) atoms. The van der Waals surface area contributed by atoms with Crippen LogP contribution in [0.2, 0.25) is 0 Å². The van der Waals surface area contributed by atoms with Gasteiger partial charge in [0.05, 0.1) is 0 Å². The van der Waals surface area contributed by atoms with E-state index in [0.717, 1.165) is 17.9 Å². The van der Waals surface area contributed by atoms with Gasteiger partial charge < -0.3 is 5.32 Å². The van der Waals surface area contributed by atoms with E-state index in [1.165, 1.54) is 18.4 Å². The van der Waals surface area contributed by atoms with Crippen molar-refractivity contribution in [1.82, 2.24) is 5.32 Å². The van der Waals surface area contributed by atoms with Gasteiger partial charge in [0, 0.05) is 17.8 Å². The van der Waals surface area contributed by atoms with E-state index in [1.54, 1.807) is 12.1 Å². The Bertz CT molecular complexity index is 339. The van der Waals surface area contributed by atoms with E-state index in [4.69, 9.17) is 0 Å². The van der Waals surface area contributed by atoms with Crippen LogP contribution in [0.25, 0.3) is 0 Å². The monoisotopic (exact) mass is 283 g/mol. The molecular weight excluding hydrogens is 257 g/mol. The fourth-order valence-electron chi connectivity index (χ4n) is 2.14. The Kier molecular flexibility index (Phi) is 8.15. The fraction of sp³-hybridized carbons (Fsp3) is 0.625. The number of halogens is 1. The minimum atomic E-state index is -0.160. The molecule has 1 N–H and O–H groups in total. The maximum absolute atomic E-state index is 13.0. The van der Waals surface area contributed by atoms with Crippen molar-refractivity contribution in [3.8, 4) is 0 Å². The summed E-state index contributed by atoms with van der Waals surface area (Å²) in [4.78, 5) is 0. The zero-order valence-electron chi connectivity index (χ0n) is 12.3. The summed E-state index contributed by atoms with van der Waals surface area (Å²) in [6.07, 6.45) is 3.50. The molecule has 0 saturated carbocycles. The van der Waals surface area contributed by atoms with E-state index >= 15 is 0 Å². The molecule has 0 aliphatic carbocycles. The van der Waals surface area contributed by atoms with Crippen molar-refractivity contribution in [1.29, 1.82) is 0 Å². The molecular formula is C16H26FNS. The number of thioether (sulfide) groups is 1. The van der Waals surface area contributed by atoms with E-state index in [9.17, 15) is 4.39 Å². The van der Waals surface area contributed by atoms with Crippen molar-refractivity contribution in [2.45, 2.75) is 52.1 Å². The number of hydrogen-bond acceptors (Lipinski definition) is 2. The van der Waals surface area contributed by atoms with Gasteiger partial charge in [-0.2, -0.15) is 11.8 Å². The molecule has 0 radical (unpaired) electrons. The minimum absolute atomic E-state index is 0.160. The van der Waals surface area contributed by atoms with Crippen LogP contribution in [0.4, 0.5) is 4.39 Å². The van der Waals surface area contributed by atoms with Gasteiger partial charge in [-0.3, -0.25) is 0 Å². The number of rotatable bonds is 9. The van der Waals surface area contributed by atoms with Crippen LogP contribution >= 0.6 is 11.8 Å². The first-order valence-corrected chi connectivity index (χ1v) is 8.42. The molecule has 2 atom stereocenters. The predicted molar refractivity (Wildman–Crippen MR) is 84.3 cm³/mol. The Morgan fingerprint density at radius 3 is 2.47 bits per heavy atom. The summed E-state index contributed by atoms with van der Waals surface area (Å²) < 4.78 is 13.0. The zero-order chi connectivity index (χ0) is 14.1. The van der Waals surface area contributed by atoms with Crippen LogP contribution < -0.4 is 5.32 Å². The molecule has 0 heterocycles. The second-order valence-electron chi connectivity index (χ2n) is 4.97. The van der Waals surface area contributed by atoms with Crippen LogP contribution in [0.1, 0.15) is 51.6 Å². The number of nitrogens with one attached hydrogen (secondary N) is 1. The van der Waals surface area contributed by atoms with Gasteiger partial charge in [0.2, 0.25) is 0 Å². The van der Waals surface area contributed by atoms with Crippen molar-refractivity contribution < 1.29 is 4.39 Å². The molecule has 108 valence electrons. The smallest absolute Gasteiger partial charge is 0.123 e. The van der Waals surface area contributed by atoms with Gasteiger partial charge in [-0.25, -0.2) is 4.39 Å². The van der Waals surface area contributed by atoms with Gasteiger partial charge >= 0.3 is 0 Å². The molecule has 1 aromatic rings. The Balaban J connectivity index is 2.62. The second-order valence-corrected chi connectivity index (χ2v) is 6.29. The highest BCUT2D eigenvalue weighted by Gasteiger charge is 2.13. The van der Waals surface area contributed by atoms with Gasteiger partial charge in [-0.05, 0) is 36.8 Å². The highest BCUT2D eigenvalue weighted by atomic mass is 32.2. The number of hydrogen-bond donors (Lipinski definition) is 1. The standard InChI is InChI=1S/C16H26FNS/c1-4-6-7-16(18-13(3)12-19-5-2)14-8-10-15(17)11-9-14/h8-11,13,16,18H,4-7,12H2,1-3H3. The van der Waals surface area contributed by atoms with Crippen LogP contribution in [-0.2, 0) is 0 Å². The quantitative estimate of drug-likeness (QED) is 0.699. The summed E-state index contributed by atoms with van der Waals surface area (Å²) >= 11 is 1.96. The Morgan fingerprint density at radius 2 is 1.89 bits per heavy atom. The van der Waals surface area contributed by atoms with Crippen molar-refractivity contribution >= 4 is 11.8 Å². The van der Waals surface area contributed by atoms with Crippen molar-refractivity contribution in [3.63, 3.8) is 0 Å². The molecule has 3 heteroatoms. The molecule has 1 rings (SSSR count). The second kappa shape index (κ2) is 9.38. The molecule has 0 fully saturated rings. The van der Waals surface area contributed by atoms with Gasteiger partial charge in [0.25, 0.3) is 0 Å². The van der Waals surface area contributed by atoms with Crippen LogP contribution in [0, 0.1) is 5.82 Å². The fourth-order valence-corrected chi connectivity index (χ4v) is 2.82. The third-order valence-corrected chi connectivity index (χ3v) is 4.32. The summed E-state index contributed by atoms with van der Waals surface area (Å²) in [6.45, 7) is 6.62. The topological polar surface area (TPSA) is 12.0 Å². The largest absolute Gasteiger partial charge is 0.307 e. The molecule has 0 aliphatic rings. The molecule has 0 spiro atoms. The number of benzene rings is 1. The summed E-state index contributed by atoms with van der Waals surface area (Å²) in [7, 11) is 0. The highest BCUT2D eigenvalue weighted by Crippen LogP contribution is 2.21. The van der Waals surface area contributed by atoms with E-state index < -0.39 is 0 Å². The van der Waals surface area contributed by atoms with E-state index in [1.807, 2.05) is 23.9 Å². The third-order valence-electron chi connectivity index (χ3n) is 3.18. The molecule has 0 aromatic heterocycles. The Labute approximate surface area is 121 Å². The molecule has 0 bridgehead atoms. The Hall–Kier alpha value is -0.540. The average Bonchev–Trinajstić information content (AvgIpc) is 2.42. The van der Waals surface area contributed by atoms with Crippen molar-refractivity contribution in [2.24, 2.45) is 0 Å². The molecule has 1 aromatic carbocycles. The van der Waals surface area contributed by atoms with Gasteiger partial charge in [-0.15, -0.1) is 0 Å². The van der Waals surface area contributed by atoms with Crippen molar-refractivity contribution in [3.05, 3.63) is 35.6 Å². The molecule has 1 nitrogen and oxygen atoms in total. The SMILES string of the molecule is CCCCC(NC(C)CSCC)c1ccc(F)cc1. The van der Waals surface area contributed by atoms with Gasteiger partial charge in [0.1, 0.15) is 5.82 Å². The first kappa shape index (κ1) is 16.5. The minimum Gasteiger partial charge on any atom is -0.307 e. The van der Waals surface area contributed by atoms with E-state index in [-0.39, 0.29) is 5.82 Å². The summed E-state index contributed by atoms with van der Waals surface area (Å²) in [6, 6.07) is 7.75. The zero-order valence-corrected chi connectivity index (χ0v) is 13.1. The molecule has 0 amide bonds. The maximum Gasteiger partial charge on any atom is 0.123 e. The summed E-state index contributed by atoms with van der Waals surface area (Å²) in [5.74, 6) is 2.12.